The average molecular weight is 248 g/mol. The van der Waals surface area contributed by atoms with Crippen molar-refractivity contribution in [2.24, 2.45) is 0 Å². The Kier molecular flexibility index (Phi) is 39.7. The molecule has 0 aromatic heterocycles. The quantitative estimate of drug-likeness (QED) is 0.280. The second-order valence-corrected chi connectivity index (χ2v) is 2.88. The van der Waals surface area contributed by atoms with Crippen LogP contribution in [0, 0.1) is 0 Å². The Morgan fingerprint density at radius 3 is 0.786 bits per heavy atom. The predicted molar refractivity (Wildman–Crippen MR) is 33.0 cm³/mol. The minimum Gasteiger partial charge on any atom is -0.822 e. The van der Waals surface area contributed by atoms with Crippen LogP contribution in [0.2, 0.25) is 0 Å². The zero-order valence-electron chi connectivity index (χ0n) is 7.98. The molecule has 0 rings (SSSR count). The summed E-state index contributed by atoms with van der Waals surface area (Å²) in [6.07, 6.45) is 0. The van der Waals surface area contributed by atoms with Crippen LogP contribution in [0.5, 0.6) is 0 Å². The van der Waals surface area contributed by atoms with Crippen LogP contribution >= 0.6 is 25.5 Å². The van der Waals surface area contributed by atoms with Gasteiger partial charge in [0.25, 0.3) is 0 Å². The molecule has 72 valence electrons. The van der Waals surface area contributed by atoms with Crippen LogP contribution in [0.4, 0.5) is 0 Å². The molecule has 0 amide bonds. The van der Waals surface area contributed by atoms with Crippen LogP contribution in [0.15, 0.2) is 0 Å². The maximum atomic E-state index is 8.88. The Bertz CT molecular complexity index is 132. The van der Waals surface area contributed by atoms with Gasteiger partial charge in [-0.2, -0.15) is 17.7 Å². The van der Waals surface area contributed by atoms with Gasteiger partial charge in [-0.15, -0.1) is 0 Å². The molecule has 0 aliphatic rings. The molecule has 0 saturated carbocycles. The summed E-state index contributed by atoms with van der Waals surface area (Å²) in [5, 5.41) is 0. The van der Waals surface area contributed by atoms with Crippen molar-refractivity contribution in [2.75, 3.05) is 0 Å². The van der Waals surface area contributed by atoms with Gasteiger partial charge in [0.05, 0.1) is 0 Å². The Hall–Kier alpha value is 2.44. The summed E-state index contributed by atoms with van der Waals surface area (Å²) >= 11 is 0. The molecule has 0 aromatic rings. The average Bonchev–Trinajstić information content (AvgIpc) is 1.12. The second-order valence-electron chi connectivity index (χ2n) is 0.960. The Morgan fingerprint density at radius 2 is 0.786 bits per heavy atom. The Balaban J connectivity index is -0.0000000178. The van der Waals surface area contributed by atoms with Gasteiger partial charge >= 0.3 is 64.4 Å². The van der Waals surface area contributed by atoms with Gasteiger partial charge in [-0.05, 0) is 0 Å². The molecule has 0 aliphatic heterocycles. The number of hydrogen-bond donors (Lipinski definition) is 3. The molecule has 0 saturated heterocycles. The van der Waals surface area contributed by atoms with Gasteiger partial charge < -0.3 is 33.9 Å². The van der Waals surface area contributed by atoms with Crippen LogP contribution in [-0.2, 0) is 9.13 Å². The third kappa shape index (κ3) is 438. The summed E-state index contributed by atoms with van der Waals surface area (Å²) in [7, 11) is -10.0. The van der Waals surface area contributed by atoms with Gasteiger partial charge in [0.15, 0.2) is 0 Å². The van der Waals surface area contributed by atoms with Gasteiger partial charge in [0, 0.05) is 0 Å². The fraction of sp³-hybridized carbons (Fsp3) is 0. The smallest absolute Gasteiger partial charge is 0.822 e. The van der Waals surface area contributed by atoms with Crippen LogP contribution in [0.3, 0.4) is 0 Å². The normalized spacial score (nSPS) is 8.43. The van der Waals surface area contributed by atoms with E-state index in [1.54, 1.807) is 0 Å². The molecule has 8 nitrogen and oxygen atoms in total. The Labute approximate surface area is 120 Å². The maximum Gasteiger partial charge on any atom is 1.00 e. The first-order valence-electron chi connectivity index (χ1n) is 1.51. The topological polar surface area (TPSA) is 164 Å². The molecule has 0 aliphatic carbocycles. The zero-order valence-corrected chi connectivity index (χ0v) is 11.2. The summed E-state index contributed by atoms with van der Waals surface area (Å²) < 4.78 is 17.4. The van der Waals surface area contributed by atoms with E-state index < -0.39 is 15.6 Å². The van der Waals surface area contributed by atoms with Crippen molar-refractivity contribution in [3.05, 3.63) is 0 Å². The van der Waals surface area contributed by atoms with Crippen molar-refractivity contribution in [3.8, 4) is 0 Å². The van der Waals surface area contributed by atoms with Crippen molar-refractivity contribution in [2.45, 2.75) is 0 Å². The summed E-state index contributed by atoms with van der Waals surface area (Å²) in [6.45, 7) is 0. The molecule has 3 N–H and O–H groups in total. The van der Waals surface area contributed by atoms with E-state index in [0.29, 0.717) is 0 Å². The van der Waals surface area contributed by atoms with E-state index in [-0.39, 0.29) is 66.5 Å². The molecule has 0 radical (unpaired) electrons. The molecule has 1 unspecified atom stereocenters. The van der Waals surface area contributed by atoms with Gasteiger partial charge in [-0.25, -0.2) is 4.57 Å². The molecule has 0 fully saturated rings. The van der Waals surface area contributed by atoms with E-state index in [4.69, 9.17) is 38.5 Å². The van der Waals surface area contributed by atoms with E-state index in [1.165, 1.54) is 0 Å². The third-order valence-corrected chi connectivity index (χ3v) is 0. The molecule has 0 aromatic carbocycles. The van der Waals surface area contributed by atoms with Crippen LogP contribution in [-0.4, -0.2) is 14.7 Å². The van der Waals surface area contributed by atoms with Crippen molar-refractivity contribution >= 4 is 25.5 Å². The third-order valence-electron chi connectivity index (χ3n) is 0. The first-order valence-corrected chi connectivity index (χ1v) is 4.54. The van der Waals surface area contributed by atoms with Crippen molar-refractivity contribution in [1.29, 1.82) is 0 Å². The van der Waals surface area contributed by atoms with E-state index in [0.717, 1.165) is 0 Å². The SMILES string of the molecule is O=P(O)(O)O.O=P([O-])([O-])[O-].P.[Li+].[Li+].[Li+]. The summed E-state index contributed by atoms with van der Waals surface area (Å²) in [5.74, 6) is 0. The minimum absolute atomic E-state index is 0. The Morgan fingerprint density at radius 1 is 0.786 bits per heavy atom. The van der Waals surface area contributed by atoms with Crippen molar-refractivity contribution in [3.63, 3.8) is 0 Å². The van der Waals surface area contributed by atoms with Crippen LogP contribution in [0.25, 0.3) is 0 Å². The van der Waals surface area contributed by atoms with E-state index in [9.17, 15) is 0 Å². The molecule has 1 atom stereocenters. The molecule has 0 bridgehead atoms. The second kappa shape index (κ2) is 15.4. The summed E-state index contributed by atoms with van der Waals surface area (Å²) in [6, 6.07) is 0. The van der Waals surface area contributed by atoms with Gasteiger partial charge in [-0.1, -0.05) is 0 Å². The number of hydrogen-bond acceptors (Lipinski definition) is 5. The van der Waals surface area contributed by atoms with Crippen LogP contribution in [0.1, 0.15) is 0 Å². The predicted octanol–water partition coefficient (Wildman–Crippen LogP) is -12.7. The molecular weight excluding hydrogens is 242 g/mol. The van der Waals surface area contributed by atoms with E-state index in [2.05, 4.69) is 0 Å². The number of rotatable bonds is 0. The zero-order chi connectivity index (χ0) is 9.00. The summed E-state index contributed by atoms with van der Waals surface area (Å²) in [5.41, 5.74) is 0. The molecule has 0 spiro atoms. The van der Waals surface area contributed by atoms with Gasteiger partial charge in [-0.3, -0.25) is 0 Å². The number of phosphoric acid groups is 2. The minimum atomic E-state index is -5.39. The maximum absolute atomic E-state index is 8.88. The molecule has 14 heavy (non-hydrogen) atoms. The monoisotopic (exact) mass is 248 g/mol. The van der Waals surface area contributed by atoms with Crippen molar-refractivity contribution in [1.82, 2.24) is 0 Å². The fourth-order valence-electron chi connectivity index (χ4n) is 0. The standard InChI is InChI=1S/3Li.2H3O4P.H3P/c;;;2*1-5(2,3)4;/h;;;2*(H3,1,2,3,4);1H3/q3*+1;;;/p-3. The van der Waals surface area contributed by atoms with Crippen LogP contribution < -0.4 is 71.3 Å². The molecular formula is H6Li3O8P3. The molecule has 0 heterocycles. The molecule has 14 heteroatoms. The van der Waals surface area contributed by atoms with Crippen molar-refractivity contribution < 1.29 is 95.1 Å². The van der Waals surface area contributed by atoms with E-state index >= 15 is 0 Å². The first kappa shape index (κ1) is 36.0. The van der Waals surface area contributed by atoms with E-state index in [1.807, 2.05) is 0 Å². The van der Waals surface area contributed by atoms with Gasteiger partial charge in [0.2, 0.25) is 0 Å². The largest absolute Gasteiger partial charge is 1.00 e. The van der Waals surface area contributed by atoms with Gasteiger partial charge in [0.1, 0.15) is 0 Å². The summed E-state index contributed by atoms with van der Waals surface area (Å²) in [4.78, 5) is 47.2. The fourth-order valence-corrected chi connectivity index (χ4v) is 0. The first-order chi connectivity index (χ1) is 4.00.